The fraction of sp³-hybridized carbons (Fsp3) is 0.391. The van der Waals surface area contributed by atoms with Gasteiger partial charge in [-0.1, -0.05) is 42.5 Å². The smallest absolute Gasteiger partial charge is 0.193 e. The monoisotopic (exact) mass is 407 g/mol. The number of fused-ring (bicyclic) bond motifs is 3. The average molecular weight is 407 g/mol. The van der Waals surface area contributed by atoms with Crippen LogP contribution in [0.5, 0.6) is 0 Å². The lowest BCUT2D eigenvalue weighted by Gasteiger charge is -2.48. The summed E-state index contributed by atoms with van der Waals surface area (Å²) in [7, 11) is -3.97. The number of hydrogen-bond acceptors (Lipinski definition) is 5. The highest BCUT2D eigenvalue weighted by Gasteiger charge is 2.75. The molecule has 3 heterocycles. The van der Waals surface area contributed by atoms with Gasteiger partial charge >= 0.3 is 0 Å². The third-order valence-electron chi connectivity index (χ3n) is 7.53. The van der Waals surface area contributed by atoms with E-state index < -0.39 is 26.7 Å². The number of nitrogens with zero attached hydrogens (tertiary/aromatic N) is 1. The second-order valence-corrected chi connectivity index (χ2v) is 10.9. The molecule has 2 saturated heterocycles. The largest absolute Gasteiger partial charge is 0.299 e. The molecule has 4 aliphatic rings. The van der Waals surface area contributed by atoms with E-state index in [4.69, 9.17) is 0 Å². The maximum atomic E-state index is 14.0. The zero-order valence-electron chi connectivity index (χ0n) is 15.8. The van der Waals surface area contributed by atoms with E-state index in [1.54, 1.807) is 30.3 Å². The topological polar surface area (TPSA) is 71.5 Å². The molecule has 0 spiro atoms. The normalized spacial score (nSPS) is 37.3. The lowest BCUT2D eigenvalue weighted by molar-refractivity contribution is -0.130. The molecule has 3 fully saturated rings. The molecule has 6 heteroatoms. The fourth-order valence-electron chi connectivity index (χ4n) is 6.43. The van der Waals surface area contributed by atoms with Crippen LogP contribution in [0.2, 0.25) is 0 Å². The van der Waals surface area contributed by atoms with Crippen LogP contribution >= 0.6 is 0 Å². The van der Waals surface area contributed by atoms with Gasteiger partial charge in [0.05, 0.1) is 17.0 Å². The molecule has 148 valence electrons. The van der Waals surface area contributed by atoms with Crippen LogP contribution in [-0.2, 0) is 19.4 Å². The molecule has 1 saturated carbocycles. The van der Waals surface area contributed by atoms with Gasteiger partial charge < -0.3 is 0 Å². The summed E-state index contributed by atoms with van der Waals surface area (Å²) in [4.78, 5) is 29.0. The molecule has 5 nitrogen and oxygen atoms in total. The van der Waals surface area contributed by atoms with Crippen LogP contribution in [0, 0.1) is 5.92 Å². The number of rotatable bonds is 2. The Labute approximate surface area is 169 Å². The minimum atomic E-state index is -3.97. The van der Waals surface area contributed by atoms with E-state index in [0.29, 0.717) is 6.42 Å². The first-order valence-corrected chi connectivity index (χ1v) is 11.7. The van der Waals surface area contributed by atoms with Crippen molar-refractivity contribution in [1.82, 2.24) is 4.90 Å². The number of carbonyl (C=O) groups excluding carboxylic acids is 2. The van der Waals surface area contributed by atoms with Gasteiger partial charge in [0.25, 0.3) is 0 Å². The van der Waals surface area contributed by atoms with Gasteiger partial charge in [-0.2, -0.15) is 0 Å². The number of benzene rings is 2. The third-order valence-corrected chi connectivity index (χ3v) is 9.97. The first-order chi connectivity index (χ1) is 14.0. The quantitative estimate of drug-likeness (QED) is 0.765. The standard InChI is InChI=1S/C23H21NO4S/c25-19-12-6-11-18-17(19)13-23(29(27,28)14-7-2-1-3-8-14)21-16-10-5-4-9-15(16)20(22(23)26)24(18)21/h1-5,7-10,17-18,20-21H,6,11-13H2/t17?,18-,20?,21?,23?/m1/s1. The highest BCUT2D eigenvalue weighted by molar-refractivity contribution is 7.93. The van der Waals surface area contributed by atoms with E-state index in [0.717, 1.165) is 24.0 Å². The molecular formula is C23H21NO4S. The molecule has 2 aromatic carbocycles. The summed E-state index contributed by atoms with van der Waals surface area (Å²) in [6, 6.07) is 14.9. The zero-order valence-corrected chi connectivity index (χ0v) is 16.6. The van der Waals surface area contributed by atoms with Crippen molar-refractivity contribution in [3.8, 4) is 0 Å². The highest BCUT2D eigenvalue weighted by Crippen LogP contribution is 2.66. The second-order valence-electron chi connectivity index (χ2n) is 8.69. The Bertz CT molecular complexity index is 1160. The molecule has 4 bridgehead atoms. The van der Waals surface area contributed by atoms with Crippen molar-refractivity contribution in [1.29, 1.82) is 0 Å². The van der Waals surface area contributed by atoms with Gasteiger partial charge in [0, 0.05) is 18.4 Å². The van der Waals surface area contributed by atoms with E-state index in [9.17, 15) is 18.0 Å². The summed E-state index contributed by atoms with van der Waals surface area (Å²) in [6.45, 7) is 0. The number of hydrogen-bond donors (Lipinski definition) is 0. The Morgan fingerprint density at radius 3 is 2.38 bits per heavy atom. The number of carbonyl (C=O) groups is 2. The fourth-order valence-corrected chi connectivity index (χ4v) is 8.68. The van der Waals surface area contributed by atoms with E-state index >= 15 is 0 Å². The van der Waals surface area contributed by atoms with E-state index in [1.807, 2.05) is 24.3 Å². The molecule has 6 rings (SSSR count). The molecule has 6 atom stereocenters. The number of ketones is 2. The molecule has 5 unspecified atom stereocenters. The Kier molecular flexibility index (Phi) is 3.41. The zero-order chi connectivity index (χ0) is 20.0. The van der Waals surface area contributed by atoms with Crippen LogP contribution in [0.15, 0.2) is 59.5 Å². The molecule has 0 aromatic heterocycles. The van der Waals surface area contributed by atoms with Crippen molar-refractivity contribution in [2.45, 2.75) is 53.5 Å². The van der Waals surface area contributed by atoms with Crippen molar-refractivity contribution in [3.05, 3.63) is 65.7 Å². The summed E-state index contributed by atoms with van der Waals surface area (Å²) in [5.74, 6) is -0.522. The molecule has 0 N–H and O–H groups in total. The minimum absolute atomic E-state index is 0.0517. The Morgan fingerprint density at radius 1 is 0.931 bits per heavy atom. The summed E-state index contributed by atoms with van der Waals surface area (Å²) in [6.07, 6.45) is 2.23. The number of Topliss-reactive ketones (excluding diaryl/α,β-unsaturated/α-hetero) is 2. The molecule has 0 amide bonds. The van der Waals surface area contributed by atoms with Gasteiger partial charge in [-0.3, -0.25) is 14.5 Å². The van der Waals surface area contributed by atoms with Gasteiger partial charge in [0.2, 0.25) is 0 Å². The SMILES string of the molecule is O=C1CCC[C@@H]2C1CC1(S(=O)(=O)c3ccccc3)C(=O)C3c4ccccc4C1N32. The summed E-state index contributed by atoms with van der Waals surface area (Å²) in [5, 5.41) is 0. The molecule has 3 aliphatic heterocycles. The first-order valence-electron chi connectivity index (χ1n) is 10.2. The van der Waals surface area contributed by atoms with Crippen LogP contribution in [-0.4, -0.2) is 35.7 Å². The van der Waals surface area contributed by atoms with Gasteiger partial charge in [-0.15, -0.1) is 0 Å². The Balaban J connectivity index is 1.63. The molecule has 1 aliphatic carbocycles. The van der Waals surface area contributed by atoms with Crippen molar-refractivity contribution < 1.29 is 18.0 Å². The lowest BCUT2D eigenvalue weighted by Crippen LogP contribution is -2.59. The van der Waals surface area contributed by atoms with E-state index in [-0.39, 0.29) is 34.8 Å². The summed E-state index contributed by atoms with van der Waals surface area (Å²) in [5.41, 5.74) is 1.85. The van der Waals surface area contributed by atoms with Crippen LogP contribution in [0.3, 0.4) is 0 Å². The predicted octanol–water partition coefficient (Wildman–Crippen LogP) is 3.02. The molecule has 29 heavy (non-hydrogen) atoms. The Hall–Kier alpha value is -2.31. The van der Waals surface area contributed by atoms with Crippen LogP contribution < -0.4 is 0 Å². The minimum Gasteiger partial charge on any atom is -0.299 e. The van der Waals surface area contributed by atoms with Gasteiger partial charge in [0.1, 0.15) is 5.78 Å². The first kappa shape index (κ1) is 17.5. The van der Waals surface area contributed by atoms with Crippen LogP contribution in [0.4, 0.5) is 0 Å². The number of piperidine rings is 1. The second kappa shape index (κ2) is 5.64. The summed E-state index contributed by atoms with van der Waals surface area (Å²) >= 11 is 0. The third kappa shape index (κ3) is 1.92. The van der Waals surface area contributed by atoms with E-state index in [2.05, 4.69) is 4.90 Å². The lowest BCUT2D eigenvalue weighted by atomic mass is 9.70. The van der Waals surface area contributed by atoms with Crippen molar-refractivity contribution in [2.75, 3.05) is 0 Å². The molecule has 2 aromatic rings. The van der Waals surface area contributed by atoms with E-state index in [1.165, 1.54) is 0 Å². The van der Waals surface area contributed by atoms with Crippen molar-refractivity contribution >= 4 is 21.4 Å². The Morgan fingerprint density at radius 2 is 1.62 bits per heavy atom. The van der Waals surface area contributed by atoms with Crippen LogP contribution in [0.25, 0.3) is 0 Å². The maximum Gasteiger partial charge on any atom is 0.193 e. The van der Waals surface area contributed by atoms with Gasteiger partial charge in [-0.25, -0.2) is 8.42 Å². The maximum absolute atomic E-state index is 14.0. The number of sulfone groups is 1. The summed E-state index contributed by atoms with van der Waals surface area (Å²) < 4.78 is 26.4. The molecule has 0 radical (unpaired) electrons. The highest BCUT2D eigenvalue weighted by atomic mass is 32.2. The van der Waals surface area contributed by atoms with Gasteiger partial charge in [-0.05, 0) is 42.5 Å². The van der Waals surface area contributed by atoms with Crippen LogP contribution in [0.1, 0.15) is 48.9 Å². The van der Waals surface area contributed by atoms with Crippen molar-refractivity contribution in [3.63, 3.8) is 0 Å². The average Bonchev–Trinajstić information content (AvgIpc) is 3.18. The van der Waals surface area contributed by atoms with Gasteiger partial charge in [0.15, 0.2) is 20.4 Å². The predicted molar refractivity (Wildman–Crippen MR) is 106 cm³/mol. The molecular weight excluding hydrogens is 386 g/mol. The van der Waals surface area contributed by atoms with Crippen molar-refractivity contribution in [2.24, 2.45) is 5.92 Å².